The van der Waals surface area contributed by atoms with E-state index in [1.54, 1.807) is 6.08 Å². The zero-order chi connectivity index (χ0) is 17.2. The van der Waals surface area contributed by atoms with Crippen molar-refractivity contribution in [2.45, 2.75) is 6.42 Å². The maximum absolute atomic E-state index is 11.6. The van der Waals surface area contributed by atoms with E-state index < -0.39 is 5.91 Å². The first-order chi connectivity index (χ1) is 11.7. The number of benzene rings is 1. The molecule has 140 valence electrons. The van der Waals surface area contributed by atoms with Gasteiger partial charge in [0.25, 0.3) is 0 Å². The van der Waals surface area contributed by atoms with Gasteiger partial charge in [0, 0.05) is 18.5 Å². The van der Waals surface area contributed by atoms with Crippen LogP contribution in [0.15, 0.2) is 23.8 Å². The van der Waals surface area contributed by atoms with Crippen molar-refractivity contribution < 1.29 is 23.7 Å². The first kappa shape index (κ1) is 21.2. The number of hydrogen-bond donors (Lipinski definition) is 2. The van der Waals surface area contributed by atoms with Crippen molar-refractivity contribution >= 4 is 24.4 Å². The Labute approximate surface area is 153 Å². The SMILES string of the molecule is Cl.NCCOCCOCC/C(=C\c1ccc2c(c1)OCCO2)C(N)=O. The van der Waals surface area contributed by atoms with Crippen LogP contribution >= 0.6 is 12.4 Å². The molecule has 0 aliphatic carbocycles. The van der Waals surface area contributed by atoms with E-state index in [0.717, 1.165) is 5.56 Å². The fourth-order valence-electron chi connectivity index (χ4n) is 2.20. The Balaban J connectivity index is 0.00000312. The molecule has 0 unspecified atom stereocenters. The molecule has 1 amide bonds. The molecule has 0 saturated heterocycles. The average Bonchev–Trinajstić information content (AvgIpc) is 2.59. The molecule has 8 heteroatoms. The van der Waals surface area contributed by atoms with E-state index in [1.165, 1.54) is 0 Å². The Hall–Kier alpha value is -1.80. The van der Waals surface area contributed by atoms with Crippen LogP contribution in [0.25, 0.3) is 6.08 Å². The van der Waals surface area contributed by atoms with Crippen LogP contribution in [0.3, 0.4) is 0 Å². The molecule has 4 N–H and O–H groups in total. The largest absolute Gasteiger partial charge is 0.486 e. The zero-order valence-electron chi connectivity index (χ0n) is 14.1. The average molecular weight is 373 g/mol. The zero-order valence-corrected chi connectivity index (χ0v) is 14.9. The van der Waals surface area contributed by atoms with E-state index in [9.17, 15) is 4.79 Å². The molecule has 0 atom stereocenters. The summed E-state index contributed by atoms with van der Waals surface area (Å²) in [4.78, 5) is 11.6. The van der Waals surface area contributed by atoms with Gasteiger partial charge in [-0.15, -0.1) is 12.4 Å². The molecule has 2 rings (SSSR count). The molecule has 0 fully saturated rings. The summed E-state index contributed by atoms with van der Waals surface area (Å²) in [6, 6.07) is 5.52. The van der Waals surface area contributed by atoms with Crippen LogP contribution in [-0.2, 0) is 14.3 Å². The van der Waals surface area contributed by atoms with Crippen LogP contribution in [0.2, 0.25) is 0 Å². The molecule has 0 bridgehead atoms. The van der Waals surface area contributed by atoms with Crippen molar-refractivity contribution in [1.29, 1.82) is 0 Å². The standard InChI is InChI=1S/C17H24N2O5.ClH/c18-4-6-22-8-7-21-5-3-14(17(19)20)11-13-1-2-15-16(12-13)24-10-9-23-15;/h1-2,11-12H,3-10,18H2,(H2,19,20);1H/b14-11+;. The van der Waals surface area contributed by atoms with E-state index in [0.29, 0.717) is 69.7 Å². The number of halogens is 1. The summed E-state index contributed by atoms with van der Waals surface area (Å²) in [5.41, 5.74) is 12.1. The quantitative estimate of drug-likeness (QED) is 0.471. The Kier molecular flexibility index (Phi) is 9.94. The smallest absolute Gasteiger partial charge is 0.244 e. The molecular weight excluding hydrogens is 348 g/mol. The van der Waals surface area contributed by atoms with Gasteiger partial charge in [-0.3, -0.25) is 4.79 Å². The van der Waals surface area contributed by atoms with E-state index in [-0.39, 0.29) is 12.4 Å². The third kappa shape index (κ3) is 7.31. The molecule has 0 radical (unpaired) electrons. The van der Waals surface area contributed by atoms with Gasteiger partial charge in [-0.2, -0.15) is 0 Å². The van der Waals surface area contributed by atoms with Gasteiger partial charge < -0.3 is 30.4 Å². The number of carbonyl (C=O) groups is 1. The molecule has 0 aromatic heterocycles. The highest BCUT2D eigenvalue weighted by atomic mass is 35.5. The van der Waals surface area contributed by atoms with Gasteiger partial charge in [0.1, 0.15) is 13.2 Å². The second kappa shape index (κ2) is 11.7. The normalized spacial score (nSPS) is 13.2. The van der Waals surface area contributed by atoms with Crippen LogP contribution in [0, 0.1) is 0 Å². The maximum atomic E-state index is 11.6. The molecule has 0 spiro atoms. The van der Waals surface area contributed by atoms with Crippen molar-refractivity contribution in [3.8, 4) is 11.5 Å². The first-order valence-electron chi connectivity index (χ1n) is 7.96. The molecule has 1 aromatic rings. The highest BCUT2D eigenvalue weighted by Crippen LogP contribution is 2.31. The van der Waals surface area contributed by atoms with E-state index in [1.807, 2.05) is 18.2 Å². The van der Waals surface area contributed by atoms with Crippen LogP contribution in [0.4, 0.5) is 0 Å². The summed E-state index contributed by atoms with van der Waals surface area (Å²) >= 11 is 0. The molecule has 1 aliphatic heterocycles. The highest BCUT2D eigenvalue weighted by molar-refractivity contribution is 5.96. The first-order valence-corrected chi connectivity index (χ1v) is 7.96. The highest BCUT2D eigenvalue weighted by Gasteiger charge is 2.12. The minimum Gasteiger partial charge on any atom is -0.486 e. The molecule has 1 heterocycles. The number of nitrogens with two attached hydrogens (primary N) is 2. The van der Waals surface area contributed by atoms with Gasteiger partial charge in [0.15, 0.2) is 11.5 Å². The second-order valence-corrected chi connectivity index (χ2v) is 5.20. The predicted octanol–water partition coefficient (Wildman–Crippen LogP) is 1.13. The van der Waals surface area contributed by atoms with Crippen LogP contribution in [0.1, 0.15) is 12.0 Å². The minimum absolute atomic E-state index is 0. The summed E-state index contributed by atoms with van der Waals surface area (Å²) < 4.78 is 21.6. The van der Waals surface area contributed by atoms with Gasteiger partial charge in [-0.1, -0.05) is 6.07 Å². The van der Waals surface area contributed by atoms with Gasteiger partial charge >= 0.3 is 0 Å². The Morgan fingerprint density at radius 1 is 1.08 bits per heavy atom. The Bertz CT molecular complexity index is 580. The molecule has 1 aromatic carbocycles. The van der Waals surface area contributed by atoms with E-state index in [4.69, 9.17) is 30.4 Å². The fraction of sp³-hybridized carbons (Fsp3) is 0.471. The van der Waals surface area contributed by atoms with Crippen LogP contribution < -0.4 is 20.9 Å². The third-order valence-electron chi connectivity index (χ3n) is 3.37. The fourth-order valence-corrected chi connectivity index (χ4v) is 2.20. The Morgan fingerprint density at radius 2 is 1.76 bits per heavy atom. The van der Waals surface area contributed by atoms with Gasteiger partial charge in [0.05, 0.1) is 26.4 Å². The van der Waals surface area contributed by atoms with Crippen LogP contribution in [0.5, 0.6) is 11.5 Å². The lowest BCUT2D eigenvalue weighted by Crippen LogP contribution is -2.17. The summed E-state index contributed by atoms with van der Waals surface area (Å²) in [7, 11) is 0. The monoisotopic (exact) mass is 372 g/mol. The minimum atomic E-state index is -0.465. The van der Waals surface area contributed by atoms with Gasteiger partial charge in [0.2, 0.25) is 5.91 Å². The number of rotatable bonds is 10. The summed E-state index contributed by atoms with van der Waals surface area (Å²) in [5, 5.41) is 0. The summed E-state index contributed by atoms with van der Waals surface area (Å²) in [5.74, 6) is 0.917. The number of primary amides is 1. The number of ether oxygens (including phenoxy) is 4. The van der Waals surface area contributed by atoms with Crippen molar-refractivity contribution in [3.05, 3.63) is 29.3 Å². The molecule has 0 saturated carbocycles. The lowest BCUT2D eigenvalue weighted by atomic mass is 10.1. The molecule has 1 aliphatic rings. The molecule has 25 heavy (non-hydrogen) atoms. The number of carbonyl (C=O) groups excluding carboxylic acids is 1. The summed E-state index contributed by atoms with van der Waals surface area (Å²) in [6.45, 7) is 3.39. The number of fused-ring (bicyclic) bond motifs is 1. The third-order valence-corrected chi connectivity index (χ3v) is 3.37. The topological polar surface area (TPSA) is 106 Å². The lowest BCUT2D eigenvalue weighted by Gasteiger charge is -2.18. The van der Waals surface area contributed by atoms with Crippen molar-refractivity contribution in [3.63, 3.8) is 0 Å². The van der Waals surface area contributed by atoms with E-state index in [2.05, 4.69) is 0 Å². The second-order valence-electron chi connectivity index (χ2n) is 5.20. The number of amides is 1. The Morgan fingerprint density at radius 3 is 2.44 bits per heavy atom. The van der Waals surface area contributed by atoms with Gasteiger partial charge in [-0.25, -0.2) is 0 Å². The molecule has 7 nitrogen and oxygen atoms in total. The molecular formula is C17H25ClN2O5. The van der Waals surface area contributed by atoms with Crippen molar-refractivity contribution in [1.82, 2.24) is 0 Å². The van der Waals surface area contributed by atoms with Crippen molar-refractivity contribution in [2.24, 2.45) is 11.5 Å². The van der Waals surface area contributed by atoms with Crippen molar-refractivity contribution in [2.75, 3.05) is 46.2 Å². The maximum Gasteiger partial charge on any atom is 0.244 e. The summed E-state index contributed by atoms with van der Waals surface area (Å²) in [6.07, 6.45) is 2.18. The number of hydrogen-bond acceptors (Lipinski definition) is 6. The van der Waals surface area contributed by atoms with E-state index >= 15 is 0 Å². The van der Waals surface area contributed by atoms with Gasteiger partial charge in [-0.05, 0) is 23.8 Å². The van der Waals surface area contributed by atoms with Crippen LogP contribution in [-0.4, -0.2) is 52.1 Å². The predicted molar refractivity (Wildman–Crippen MR) is 97.2 cm³/mol. The lowest BCUT2D eigenvalue weighted by molar-refractivity contribution is -0.114.